The lowest BCUT2D eigenvalue weighted by Crippen LogP contribution is -1.91. The minimum absolute atomic E-state index is 0.0200. The van der Waals surface area contributed by atoms with E-state index in [0.29, 0.717) is 0 Å². The van der Waals surface area contributed by atoms with E-state index in [1.807, 2.05) is 0 Å². The molecule has 1 N–H and O–H groups in total. The van der Waals surface area contributed by atoms with Crippen molar-refractivity contribution in [2.24, 2.45) is 0 Å². The number of rotatable bonds is 1. The van der Waals surface area contributed by atoms with Crippen LogP contribution in [0.25, 0.3) is 10.6 Å². The van der Waals surface area contributed by atoms with Gasteiger partial charge in [0, 0.05) is 11.6 Å². The number of aromatic nitrogens is 2. The number of nitrogens with one attached hydrogen (secondary N) is 1. The summed E-state index contributed by atoms with van der Waals surface area (Å²) in [7, 11) is 0. The molecular weight excluding hydrogens is 180 g/mol. The van der Waals surface area contributed by atoms with Crippen LogP contribution < -0.4 is 4.87 Å². The van der Waals surface area contributed by atoms with Crippen molar-refractivity contribution >= 4 is 22.7 Å². The summed E-state index contributed by atoms with van der Waals surface area (Å²) in [5.41, 5.74) is 2.60. The van der Waals surface area contributed by atoms with Gasteiger partial charge in [0.15, 0.2) is 0 Å². The Morgan fingerprint density at radius 3 is 2.91 bits per heavy atom. The van der Waals surface area contributed by atoms with Crippen molar-refractivity contribution in [3.8, 4) is 10.6 Å². The Hall–Kier alpha value is -0.940. The first-order valence-corrected chi connectivity index (χ1v) is 4.69. The molecule has 56 valence electrons. The molecule has 2 aromatic rings. The van der Waals surface area contributed by atoms with Gasteiger partial charge in [-0.25, -0.2) is 0 Å². The van der Waals surface area contributed by atoms with Crippen molar-refractivity contribution in [2.75, 3.05) is 0 Å². The molecule has 11 heavy (non-hydrogen) atoms. The largest absolute Gasteiger partial charge is 0.312 e. The van der Waals surface area contributed by atoms with Crippen LogP contribution >= 0.6 is 22.7 Å². The number of thiazole rings is 2. The topological polar surface area (TPSA) is 45.8 Å². The van der Waals surface area contributed by atoms with Gasteiger partial charge in [-0.3, -0.25) is 9.78 Å². The molecule has 0 spiro atoms. The molecule has 0 aliphatic carbocycles. The van der Waals surface area contributed by atoms with Gasteiger partial charge in [0.25, 0.3) is 0 Å². The van der Waals surface area contributed by atoms with E-state index in [9.17, 15) is 4.79 Å². The number of aromatic amines is 1. The quantitative estimate of drug-likeness (QED) is 0.731. The Morgan fingerprint density at radius 1 is 1.45 bits per heavy atom. The highest BCUT2D eigenvalue weighted by Crippen LogP contribution is 2.20. The molecule has 5 heteroatoms. The summed E-state index contributed by atoms with van der Waals surface area (Å²) >= 11 is 2.69. The van der Waals surface area contributed by atoms with Crippen molar-refractivity contribution in [3.63, 3.8) is 0 Å². The molecule has 0 radical (unpaired) electrons. The molecule has 2 heterocycles. The molecule has 0 atom stereocenters. The van der Waals surface area contributed by atoms with Crippen LogP contribution in [0, 0.1) is 0 Å². The monoisotopic (exact) mass is 184 g/mol. The third kappa shape index (κ3) is 1.24. The summed E-state index contributed by atoms with van der Waals surface area (Å²) in [6.45, 7) is 0. The van der Waals surface area contributed by atoms with E-state index in [2.05, 4.69) is 9.97 Å². The third-order valence-corrected chi connectivity index (χ3v) is 2.69. The molecule has 0 aliphatic heterocycles. The molecule has 0 amide bonds. The maximum absolute atomic E-state index is 10.7. The first-order valence-electron chi connectivity index (χ1n) is 2.93. The lowest BCUT2D eigenvalue weighted by Gasteiger charge is -1.84. The van der Waals surface area contributed by atoms with E-state index in [0.717, 1.165) is 10.6 Å². The smallest absolute Gasteiger partial charge is 0.304 e. The maximum atomic E-state index is 10.7. The van der Waals surface area contributed by atoms with Crippen LogP contribution in [0.3, 0.4) is 0 Å². The second kappa shape index (κ2) is 2.60. The fraction of sp³-hybridized carbons (Fsp3) is 0. The van der Waals surface area contributed by atoms with Gasteiger partial charge < -0.3 is 4.98 Å². The number of nitrogens with zero attached hydrogens (tertiary/aromatic N) is 1. The first kappa shape index (κ1) is 6.75. The molecule has 0 bridgehead atoms. The van der Waals surface area contributed by atoms with Crippen LogP contribution in [0.1, 0.15) is 0 Å². The normalized spacial score (nSPS) is 10.2. The van der Waals surface area contributed by atoms with Crippen LogP contribution in [-0.4, -0.2) is 9.97 Å². The van der Waals surface area contributed by atoms with Crippen molar-refractivity contribution in [1.82, 2.24) is 9.97 Å². The second-order valence-corrected chi connectivity index (χ2v) is 3.66. The lowest BCUT2D eigenvalue weighted by molar-refractivity contribution is 1.34. The van der Waals surface area contributed by atoms with Gasteiger partial charge in [-0.1, -0.05) is 11.3 Å². The minimum Gasteiger partial charge on any atom is -0.312 e. The van der Waals surface area contributed by atoms with Gasteiger partial charge in [-0.15, -0.1) is 11.3 Å². The lowest BCUT2D eigenvalue weighted by atomic mass is 10.4. The molecule has 2 aromatic heterocycles. The van der Waals surface area contributed by atoms with E-state index in [4.69, 9.17) is 0 Å². The zero-order valence-electron chi connectivity index (χ0n) is 5.40. The maximum Gasteiger partial charge on any atom is 0.304 e. The van der Waals surface area contributed by atoms with Crippen LogP contribution in [0.5, 0.6) is 0 Å². The fourth-order valence-corrected chi connectivity index (χ4v) is 2.00. The zero-order chi connectivity index (χ0) is 7.68. The van der Waals surface area contributed by atoms with Crippen molar-refractivity contribution in [3.05, 3.63) is 26.8 Å². The predicted molar refractivity (Wildman–Crippen MR) is 46.0 cm³/mol. The highest BCUT2D eigenvalue weighted by molar-refractivity contribution is 7.13. The first-order chi connectivity index (χ1) is 5.36. The van der Waals surface area contributed by atoms with E-state index >= 15 is 0 Å². The molecule has 0 fully saturated rings. The molecule has 0 aliphatic rings. The highest BCUT2D eigenvalue weighted by atomic mass is 32.1. The average Bonchev–Trinajstić information content (AvgIpc) is 2.55. The van der Waals surface area contributed by atoms with E-state index in [1.54, 1.807) is 17.1 Å². The third-order valence-electron chi connectivity index (χ3n) is 1.22. The summed E-state index contributed by atoms with van der Waals surface area (Å²) in [6, 6.07) is 0. The summed E-state index contributed by atoms with van der Waals surface area (Å²) in [6.07, 6.45) is 1.74. The van der Waals surface area contributed by atoms with Crippen LogP contribution in [-0.2, 0) is 0 Å². The fourth-order valence-electron chi connectivity index (χ4n) is 0.750. The molecule has 3 nitrogen and oxygen atoms in total. The molecule has 0 saturated carbocycles. The number of H-pyrrole nitrogens is 1. The van der Waals surface area contributed by atoms with Crippen LogP contribution in [0.2, 0.25) is 0 Å². The summed E-state index contributed by atoms with van der Waals surface area (Å²) in [5, 5.41) is 1.80. The zero-order valence-corrected chi connectivity index (χ0v) is 7.04. The summed E-state index contributed by atoms with van der Waals surface area (Å²) in [5.74, 6) is 0. The Morgan fingerprint density at radius 2 is 2.36 bits per heavy atom. The van der Waals surface area contributed by atoms with Crippen molar-refractivity contribution < 1.29 is 0 Å². The van der Waals surface area contributed by atoms with Gasteiger partial charge in [0.05, 0.1) is 16.1 Å². The molecule has 2 rings (SSSR count). The molecule has 0 unspecified atom stereocenters. The van der Waals surface area contributed by atoms with Gasteiger partial charge in [-0.2, -0.15) is 0 Å². The Labute approximate surface area is 70.4 Å². The van der Waals surface area contributed by atoms with E-state index in [-0.39, 0.29) is 4.87 Å². The molecule has 0 aromatic carbocycles. The van der Waals surface area contributed by atoms with E-state index in [1.165, 1.54) is 22.7 Å². The Balaban J connectivity index is 2.53. The Bertz CT molecular complexity index is 387. The molecular formula is C6H4N2OS2. The number of hydrogen-bond donors (Lipinski definition) is 1. The average molecular weight is 184 g/mol. The predicted octanol–water partition coefficient (Wildman–Crippen LogP) is 1.56. The highest BCUT2D eigenvalue weighted by Gasteiger charge is 2.00. The molecule has 0 saturated heterocycles. The van der Waals surface area contributed by atoms with Crippen molar-refractivity contribution in [2.45, 2.75) is 0 Å². The second-order valence-electron chi connectivity index (χ2n) is 1.93. The minimum atomic E-state index is -0.0200. The van der Waals surface area contributed by atoms with Gasteiger partial charge in [-0.05, 0) is 0 Å². The standard InChI is InChI=1S/C6H4N2OS2/c9-6-8-4(2-10-6)5-1-7-3-11-5/h1-3H,(H,8,9). The van der Waals surface area contributed by atoms with Gasteiger partial charge in [0.2, 0.25) is 0 Å². The van der Waals surface area contributed by atoms with Crippen LogP contribution in [0.4, 0.5) is 0 Å². The van der Waals surface area contributed by atoms with Crippen LogP contribution in [0.15, 0.2) is 21.9 Å². The van der Waals surface area contributed by atoms with Gasteiger partial charge >= 0.3 is 4.87 Å². The summed E-state index contributed by atoms with van der Waals surface area (Å²) < 4.78 is 0. The SMILES string of the molecule is O=c1[nH]c(-c2cncs2)cs1. The van der Waals surface area contributed by atoms with E-state index < -0.39 is 0 Å². The summed E-state index contributed by atoms with van der Waals surface area (Å²) in [4.78, 5) is 18.3. The van der Waals surface area contributed by atoms with Gasteiger partial charge in [0.1, 0.15) is 0 Å². The Kier molecular flexibility index (Phi) is 1.59. The number of hydrogen-bond acceptors (Lipinski definition) is 4. The van der Waals surface area contributed by atoms with Crippen molar-refractivity contribution in [1.29, 1.82) is 0 Å².